The van der Waals surface area contributed by atoms with Crippen molar-refractivity contribution < 1.29 is 22.4 Å². The van der Waals surface area contributed by atoms with Crippen molar-refractivity contribution in [1.29, 1.82) is 0 Å². The van der Waals surface area contributed by atoms with Crippen molar-refractivity contribution in [2.75, 3.05) is 17.4 Å². The van der Waals surface area contributed by atoms with Crippen molar-refractivity contribution in [3.8, 4) is 0 Å². The van der Waals surface area contributed by atoms with Crippen molar-refractivity contribution in [3.63, 3.8) is 0 Å². The number of carbonyl (C=O) groups excluding carboxylic acids is 2. The molecule has 44 heavy (non-hydrogen) atoms. The number of para-hydroxylation sites is 1. The third-order valence-corrected chi connectivity index (χ3v) is 9.13. The van der Waals surface area contributed by atoms with Crippen molar-refractivity contribution >= 4 is 39.1 Å². The molecule has 4 rings (SSSR count). The van der Waals surface area contributed by atoms with Gasteiger partial charge in [0.1, 0.15) is 18.4 Å². The predicted octanol–water partition coefficient (Wildman–Crippen LogP) is 6.09. The maximum atomic E-state index is 15.2. The van der Waals surface area contributed by atoms with E-state index in [1.54, 1.807) is 42.5 Å². The van der Waals surface area contributed by atoms with E-state index in [0.29, 0.717) is 17.1 Å². The zero-order valence-corrected chi connectivity index (χ0v) is 26.1. The Hall–Kier alpha value is -4.21. The molecular formula is C34H35ClFN3O4S. The van der Waals surface area contributed by atoms with Crippen LogP contribution in [-0.2, 0) is 32.6 Å². The minimum absolute atomic E-state index is 0.0817. The summed E-state index contributed by atoms with van der Waals surface area (Å²) in [5, 5.41) is 3.31. The number of amides is 2. The molecule has 1 N–H and O–H groups in total. The topological polar surface area (TPSA) is 86.8 Å². The second-order valence-corrected chi connectivity index (χ2v) is 13.0. The zero-order chi connectivity index (χ0) is 31.7. The molecule has 0 bridgehead atoms. The number of anilines is 1. The standard InChI is InChI=1S/C34H35ClFN3O4S/c1-25(2)22-37-34(41)32(21-26-13-5-3-6-14-26)38(23-27-15-9-10-18-29(27)35)33(40)24-39(31-20-12-11-19-30(31)36)44(42,43)28-16-7-4-8-17-28/h3-20,25,32H,21-24H2,1-2H3,(H,37,41)/t32-/m0/s1. The van der Waals surface area contributed by atoms with Gasteiger partial charge in [-0.05, 0) is 47.4 Å². The Morgan fingerprint density at radius 1 is 0.841 bits per heavy atom. The molecule has 0 aromatic heterocycles. The van der Waals surface area contributed by atoms with Crippen molar-refractivity contribution in [2.45, 2.75) is 37.8 Å². The largest absolute Gasteiger partial charge is 0.354 e. The van der Waals surface area contributed by atoms with Gasteiger partial charge in [0.15, 0.2) is 0 Å². The van der Waals surface area contributed by atoms with Gasteiger partial charge in [0.25, 0.3) is 10.0 Å². The molecule has 0 radical (unpaired) electrons. The summed E-state index contributed by atoms with van der Waals surface area (Å²) in [6.45, 7) is 3.45. The maximum Gasteiger partial charge on any atom is 0.264 e. The van der Waals surface area contributed by atoms with Gasteiger partial charge in [0.05, 0.1) is 10.6 Å². The van der Waals surface area contributed by atoms with Crippen LogP contribution in [0.3, 0.4) is 0 Å². The normalized spacial score (nSPS) is 12.0. The first-order valence-electron chi connectivity index (χ1n) is 14.2. The van der Waals surface area contributed by atoms with Crippen LogP contribution in [0.25, 0.3) is 0 Å². The highest BCUT2D eigenvalue weighted by Gasteiger charge is 2.35. The van der Waals surface area contributed by atoms with Gasteiger partial charge in [-0.1, -0.05) is 104 Å². The fourth-order valence-corrected chi connectivity index (χ4v) is 6.31. The number of hydrogen-bond donors (Lipinski definition) is 1. The fourth-order valence-electron chi connectivity index (χ4n) is 4.67. The van der Waals surface area contributed by atoms with Crippen LogP contribution in [0, 0.1) is 11.7 Å². The summed E-state index contributed by atoms with van der Waals surface area (Å²) in [5.74, 6) is -1.76. The average molecular weight is 636 g/mol. The minimum atomic E-state index is -4.39. The summed E-state index contributed by atoms with van der Waals surface area (Å²) in [6.07, 6.45) is 0.159. The van der Waals surface area contributed by atoms with Gasteiger partial charge in [-0.3, -0.25) is 13.9 Å². The predicted molar refractivity (Wildman–Crippen MR) is 171 cm³/mol. The van der Waals surface area contributed by atoms with E-state index in [2.05, 4.69) is 5.32 Å². The van der Waals surface area contributed by atoms with Crippen LogP contribution in [0.5, 0.6) is 0 Å². The number of nitrogens with zero attached hydrogens (tertiary/aromatic N) is 2. The summed E-state index contributed by atoms with van der Waals surface area (Å²) < 4.78 is 43.8. The van der Waals surface area contributed by atoms with E-state index in [4.69, 9.17) is 11.6 Å². The van der Waals surface area contributed by atoms with E-state index >= 15 is 4.39 Å². The number of hydrogen-bond acceptors (Lipinski definition) is 4. The SMILES string of the molecule is CC(C)CNC(=O)[C@H](Cc1ccccc1)N(Cc1ccccc1Cl)C(=O)CN(c1ccccc1F)S(=O)(=O)c1ccccc1. The zero-order valence-electron chi connectivity index (χ0n) is 24.6. The van der Waals surface area contributed by atoms with Crippen LogP contribution in [-0.4, -0.2) is 44.3 Å². The monoisotopic (exact) mass is 635 g/mol. The Morgan fingerprint density at radius 3 is 2.07 bits per heavy atom. The number of rotatable bonds is 13. The molecule has 0 aliphatic heterocycles. The molecule has 0 saturated carbocycles. The molecule has 0 unspecified atom stereocenters. The molecular weight excluding hydrogens is 601 g/mol. The van der Waals surface area contributed by atoms with E-state index in [1.165, 1.54) is 35.2 Å². The Morgan fingerprint density at radius 2 is 1.43 bits per heavy atom. The minimum Gasteiger partial charge on any atom is -0.354 e. The summed E-state index contributed by atoms with van der Waals surface area (Å²) in [4.78, 5) is 29.4. The van der Waals surface area contributed by atoms with E-state index in [-0.39, 0.29) is 29.5 Å². The second kappa shape index (κ2) is 15.0. The Kier molecular flexibility index (Phi) is 11.1. The summed E-state index contributed by atoms with van der Waals surface area (Å²) in [6, 6.07) is 28.0. The molecule has 2 amide bonds. The van der Waals surface area contributed by atoms with Crippen molar-refractivity contribution in [1.82, 2.24) is 10.2 Å². The van der Waals surface area contributed by atoms with Crippen LogP contribution < -0.4 is 9.62 Å². The molecule has 230 valence electrons. The van der Waals surface area contributed by atoms with Crippen LogP contribution in [0.4, 0.5) is 10.1 Å². The van der Waals surface area contributed by atoms with Crippen LogP contribution in [0.1, 0.15) is 25.0 Å². The van der Waals surface area contributed by atoms with E-state index in [0.717, 1.165) is 15.9 Å². The van der Waals surface area contributed by atoms with Crippen molar-refractivity contribution in [3.05, 3.63) is 131 Å². The molecule has 0 aliphatic rings. The lowest BCUT2D eigenvalue weighted by Gasteiger charge is -2.34. The highest BCUT2D eigenvalue weighted by Crippen LogP contribution is 2.28. The van der Waals surface area contributed by atoms with Crippen LogP contribution in [0.15, 0.2) is 114 Å². The Bertz CT molecular complexity index is 1670. The van der Waals surface area contributed by atoms with E-state index in [9.17, 15) is 18.0 Å². The molecule has 7 nitrogen and oxygen atoms in total. The number of carbonyl (C=O) groups is 2. The quantitative estimate of drug-likeness (QED) is 0.193. The Labute approximate surface area is 263 Å². The molecule has 0 heterocycles. The lowest BCUT2D eigenvalue weighted by molar-refractivity contribution is -0.140. The fraction of sp³-hybridized carbons (Fsp3) is 0.235. The molecule has 0 spiro atoms. The van der Waals surface area contributed by atoms with E-state index in [1.807, 2.05) is 44.2 Å². The number of halogens is 2. The van der Waals surface area contributed by atoms with Crippen LogP contribution in [0.2, 0.25) is 5.02 Å². The highest BCUT2D eigenvalue weighted by atomic mass is 35.5. The maximum absolute atomic E-state index is 15.2. The summed E-state index contributed by atoms with van der Waals surface area (Å²) >= 11 is 6.50. The third-order valence-electron chi connectivity index (χ3n) is 6.99. The molecule has 4 aromatic carbocycles. The molecule has 0 fully saturated rings. The second-order valence-electron chi connectivity index (χ2n) is 10.7. The van der Waals surface area contributed by atoms with Crippen LogP contribution >= 0.6 is 11.6 Å². The van der Waals surface area contributed by atoms with Gasteiger partial charge in [-0.25, -0.2) is 12.8 Å². The summed E-state index contributed by atoms with van der Waals surface area (Å²) in [7, 11) is -4.39. The van der Waals surface area contributed by atoms with Gasteiger partial charge < -0.3 is 10.2 Å². The number of nitrogens with one attached hydrogen (secondary N) is 1. The first-order valence-corrected chi connectivity index (χ1v) is 16.1. The Balaban J connectivity index is 1.81. The number of benzene rings is 4. The van der Waals surface area contributed by atoms with Crippen molar-refractivity contribution in [2.24, 2.45) is 5.92 Å². The third kappa shape index (κ3) is 8.24. The molecule has 4 aromatic rings. The van der Waals surface area contributed by atoms with Gasteiger partial charge in [-0.15, -0.1) is 0 Å². The molecule has 0 aliphatic carbocycles. The van der Waals surface area contributed by atoms with Gasteiger partial charge in [-0.2, -0.15) is 0 Å². The molecule has 0 saturated heterocycles. The average Bonchev–Trinajstić information content (AvgIpc) is 3.02. The lowest BCUT2D eigenvalue weighted by Crippen LogP contribution is -2.53. The first-order chi connectivity index (χ1) is 21.1. The summed E-state index contributed by atoms with van der Waals surface area (Å²) in [5.41, 5.74) is 1.09. The molecule has 10 heteroatoms. The van der Waals surface area contributed by atoms with Gasteiger partial charge in [0.2, 0.25) is 11.8 Å². The lowest BCUT2D eigenvalue weighted by atomic mass is 10.0. The molecule has 1 atom stereocenters. The van der Waals surface area contributed by atoms with Gasteiger partial charge in [0, 0.05) is 24.5 Å². The van der Waals surface area contributed by atoms with E-state index < -0.39 is 40.2 Å². The highest BCUT2D eigenvalue weighted by molar-refractivity contribution is 7.92. The number of sulfonamides is 1. The first kappa shape index (κ1) is 32.7. The smallest absolute Gasteiger partial charge is 0.264 e. The van der Waals surface area contributed by atoms with Gasteiger partial charge >= 0.3 is 0 Å².